The third-order valence-corrected chi connectivity index (χ3v) is 1.93. The molecule has 0 radical (unpaired) electrons. The molecule has 0 aliphatic carbocycles. The van der Waals surface area contributed by atoms with Crippen LogP contribution in [-0.4, -0.2) is 12.6 Å². The molecule has 3 nitrogen and oxygen atoms in total. The largest absolute Gasteiger partial charge is 0.455 e. The second-order valence-corrected chi connectivity index (χ2v) is 2.81. The van der Waals surface area contributed by atoms with E-state index in [1.165, 1.54) is 6.07 Å². The van der Waals surface area contributed by atoms with Gasteiger partial charge < -0.3 is 10.5 Å². The molecule has 2 N–H and O–H groups in total. The molecule has 4 heteroatoms. The maximum atomic E-state index is 13.2. The number of aliphatic imine (C=N–C) groups is 1. The van der Waals surface area contributed by atoms with Crippen LogP contribution in [0.5, 0.6) is 0 Å². The lowest BCUT2D eigenvalue weighted by atomic mass is 10.1. The summed E-state index contributed by atoms with van der Waals surface area (Å²) in [5.41, 5.74) is 5.82. The molecule has 0 saturated carbocycles. The van der Waals surface area contributed by atoms with Crippen LogP contribution in [0.1, 0.15) is 11.7 Å². The lowest BCUT2D eigenvalue weighted by molar-refractivity contribution is 0.220. The molecule has 1 aliphatic rings. The fourth-order valence-electron chi connectivity index (χ4n) is 1.29. The molecule has 0 spiro atoms. The Labute approximate surface area is 75.0 Å². The molecular formula is C9H9FN2O. The highest BCUT2D eigenvalue weighted by atomic mass is 19.1. The van der Waals surface area contributed by atoms with Crippen LogP contribution in [0.15, 0.2) is 29.3 Å². The summed E-state index contributed by atoms with van der Waals surface area (Å²) in [5, 5.41) is 0. The van der Waals surface area contributed by atoms with Crippen molar-refractivity contribution in [2.75, 3.05) is 6.54 Å². The minimum absolute atomic E-state index is 0.133. The van der Waals surface area contributed by atoms with Crippen LogP contribution in [0.2, 0.25) is 0 Å². The molecular weight excluding hydrogens is 171 g/mol. The zero-order valence-electron chi connectivity index (χ0n) is 6.90. The van der Waals surface area contributed by atoms with Gasteiger partial charge in [0.15, 0.2) is 0 Å². The van der Waals surface area contributed by atoms with Gasteiger partial charge in [-0.25, -0.2) is 9.38 Å². The Morgan fingerprint density at radius 1 is 1.46 bits per heavy atom. The van der Waals surface area contributed by atoms with E-state index in [1.54, 1.807) is 18.2 Å². The van der Waals surface area contributed by atoms with E-state index in [0.29, 0.717) is 12.1 Å². The number of hydrogen-bond donors (Lipinski definition) is 1. The summed E-state index contributed by atoms with van der Waals surface area (Å²) in [6.45, 7) is 0.396. The number of benzene rings is 1. The fraction of sp³-hybridized carbons (Fsp3) is 0.222. The quantitative estimate of drug-likeness (QED) is 0.706. The Bertz CT molecular complexity index is 351. The monoisotopic (exact) mass is 180 g/mol. The molecule has 1 unspecified atom stereocenters. The molecule has 0 saturated heterocycles. The molecule has 13 heavy (non-hydrogen) atoms. The van der Waals surface area contributed by atoms with E-state index in [2.05, 4.69) is 4.99 Å². The van der Waals surface area contributed by atoms with Crippen molar-refractivity contribution < 1.29 is 9.13 Å². The first kappa shape index (κ1) is 8.04. The van der Waals surface area contributed by atoms with Crippen molar-refractivity contribution in [2.45, 2.75) is 6.10 Å². The molecule has 0 fully saturated rings. The maximum absolute atomic E-state index is 13.2. The number of rotatable bonds is 1. The van der Waals surface area contributed by atoms with Crippen molar-refractivity contribution in [2.24, 2.45) is 10.7 Å². The van der Waals surface area contributed by atoms with Gasteiger partial charge in [0.2, 0.25) is 0 Å². The molecule has 0 bridgehead atoms. The van der Waals surface area contributed by atoms with Crippen molar-refractivity contribution in [1.82, 2.24) is 0 Å². The first-order chi connectivity index (χ1) is 6.27. The topological polar surface area (TPSA) is 47.6 Å². The van der Waals surface area contributed by atoms with Gasteiger partial charge in [0.1, 0.15) is 11.9 Å². The van der Waals surface area contributed by atoms with Crippen LogP contribution in [0.3, 0.4) is 0 Å². The van der Waals surface area contributed by atoms with Gasteiger partial charge >= 0.3 is 0 Å². The normalized spacial score (nSPS) is 21.0. The lowest BCUT2D eigenvalue weighted by Crippen LogP contribution is -2.13. The summed E-state index contributed by atoms with van der Waals surface area (Å²) in [4.78, 5) is 3.84. The summed E-state index contributed by atoms with van der Waals surface area (Å²) in [6, 6.07) is 6.60. The van der Waals surface area contributed by atoms with Crippen LogP contribution >= 0.6 is 0 Å². The van der Waals surface area contributed by atoms with E-state index < -0.39 is 0 Å². The van der Waals surface area contributed by atoms with Gasteiger partial charge in [-0.05, 0) is 6.07 Å². The average molecular weight is 180 g/mol. The van der Waals surface area contributed by atoms with Gasteiger partial charge in [0, 0.05) is 5.56 Å². The minimum atomic E-state index is -0.360. The van der Waals surface area contributed by atoms with Crippen LogP contribution in [0.25, 0.3) is 0 Å². The highest BCUT2D eigenvalue weighted by molar-refractivity contribution is 5.73. The van der Waals surface area contributed by atoms with Crippen molar-refractivity contribution in [3.8, 4) is 0 Å². The molecule has 1 atom stereocenters. The standard InChI is InChI=1S/C9H9FN2O/c10-7-4-2-1-3-6(7)8-5-12-9(11)13-8/h1-4,8H,5H2,(H2,11,12). The Hall–Kier alpha value is -1.58. The van der Waals surface area contributed by atoms with Gasteiger partial charge in [0.25, 0.3) is 6.02 Å². The summed E-state index contributed by atoms with van der Waals surface area (Å²) in [5.74, 6) is -0.280. The molecule has 2 rings (SSSR count). The fourth-order valence-corrected chi connectivity index (χ4v) is 1.29. The third-order valence-electron chi connectivity index (χ3n) is 1.93. The van der Waals surface area contributed by atoms with Crippen molar-refractivity contribution >= 4 is 6.02 Å². The number of halogens is 1. The molecule has 1 aliphatic heterocycles. The summed E-state index contributed by atoms with van der Waals surface area (Å²) < 4.78 is 18.3. The first-order valence-electron chi connectivity index (χ1n) is 3.98. The van der Waals surface area contributed by atoms with Gasteiger partial charge in [-0.3, -0.25) is 0 Å². The second-order valence-electron chi connectivity index (χ2n) is 2.81. The minimum Gasteiger partial charge on any atom is -0.455 e. The Balaban J connectivity index is 2.23. The summed E-state index contributed by atoms with van der Waals surface area (Å²) >= 11 is 0. The summed E-state index contributed by atoms with van der Waals surface area (Å²) in [6.07, 6.45) is -0.360. The van der Waals surface area contributed by atoms with Crippen LogP contribution < -0.4 is 5.73 Å². The van der Waals surface area contributed by atoms with Gasteiger partial charge in [-0.15, -0.1) is 0 Å². The van der Waals surface area contributed by atoms with E-state index in [1.807, 2.05) is 0 Å². The molecule has 1 aromatic rings. The highest BCUT2D eigenvalue weighted by Gasteiger charge is 2.22. The van der Waals surface area contributed by atoms with E-state index >= 15 is 0 Å². The number of nitrogens with zero attached hydrogens (tertiary/aromatic N) is 1. The van der Waals surface area contributed by atoms with Gasteiger partial charge in [0.05, 0.1) is 6.54 Å². The second kappa shape index (κ2) is 3.05. The molecule has 0 amide bonds. The zero-order chi connectivity index (χ0) is 9.26. The molecule has 0 aromatic heterocycles. The zero-order valence-corrected chi connectivity index (χ0v) is 6.90. The number of ether oxygens (including phenoxy) is 1. The smallest absolute Gasteiger partial charge is 0.282 e. The van der Waals surface area contributed by atoms with Crippen LogP contribution in [0.4, 0.5) is 4.39 Å². The Morgan fingerprint density at radius 2 is 2.23 bits per heavy atom. The van der Waals surface area contributed by atoms with E-state index in [0.717, 1.165) is 0 Å². The van der Waals surface area contributed by atoms with E-state index in [9.17, 15) is 4.39 Å². The predicted octanol–water partition coefficient (Wildman–Crippen LogP) is 1.21. The maximum Gasteiger partial charge on any atom is 0.282 e. The molecule has 1 aromatic carbocycles. The van der Waals surface area contributed by atoms with E-state index in [4.69, 9.17) is 10.5 Å². The number of nitrogens with two attached hydrogens (primary N) is 1. The van der Waals surface area contributed by atoms with Gasteiger partial charge in [-0.2, -0.15) is 0 Å². The van der Waals surface area contributed by atoms with Crippen molar-refractivity contribution in [1.29, 1.82) is 0 Å². The Morgan fingerprint density at radius 3 is 2.85 bits per heavy atom. The first-order valence-corrected chi connectivity index (χ1v) is 3.98. The lowest BCUT2D eigenvalue weighted by Gasteiger charge is -2.10. The summed E-state index contributed by atoms with van der Waals surface area (Å²) in [7, 11) is 0. The van der Waals surface area contributed by atoms with Gasteiger partial charge in [-0.1, -0.05) is 18.2 Å². The SMILES string of the molecule is NC1=NCC(c2ccccc2F)O1. The Kier molecular flexibility index (Phi) is 1.88. The third kappa shape index (κ3) is 1.47. The van der Waals surface area contributed by atoms with Crippen molar-refractivity contribution in [3.63, 3.8) is 0 Å². The number of amidine groups is 1. The van der Waals surface area contributed by atoms with Crippen molar-refractivity contribution in [3.05, 3.63) is 35.6 Å². The van der Waals surface area contributed by atoms with E-state index in [-0.39, 0.29) is 17.9 Å². The average Bonchev–Trinajstić information content (AvgIpc) is 2.53. The van der Waals surface area contributed by atoms with Crippen LogP contribution in [-0.2, 0) is 4.74 Å². The van der Waals surface area contributed by atoms with Crippen LogP contribution in [0, 0.1) is 5.82 Å². The molecule has 1 heterocycles. The highest BCUT2D eigenvalue weighted by Crippen LogP contribution is 2.23. The molecule has 68 valence electrons. The number of hydrogen-bond acceptors (Lipinski definition) is 3. The predicted molar refractivity (Wildman–Crippen MR) is 46.7 cm³/mol.